The van der Waals surface area contributed by atoms with Gasteiger partial charge in [-0.1, -0.05) is 0 Å². The van der Waals surface area contributed by atoms with Crippen molar-refractivity contribution < 1.29 is 57.0 Å². The van der Waals surface area contributed by atoms with Crippen molar-refractivity contribution in [2.45, 2.75) is 93.5 Å². The number of hydrogen-bond donors (Lipinski definition) is 3. The number of rotatable bonds is 6. The molecular formula is C36H39F3IN3O9. The van der Waals surface area contributed by atoms with E-state index < -0.39 is 76.3 Å². The van der Waals surface area contributed by atoms with Crippen molar-refractivity contribution in [1.82, 2.24) is 9.80 Å². The summed E-state index contributed by atoms with van der Waals surface area (Å²) >= 11 is 1.91. The zero-order chi connectivity index (χ0) is 36.6. The second-order valence-electron chi connectivity index (χ2n) is 15.2. The lowest BCUT2D eigenvalue weighted by molar-refractivity contribution is -0.365. The van der Waals surface area contributed by atoms with E-state index in [1.807, 2.05) is 22.6 Å². The number of aliphatic carboxylic acids is 1. The fourth-order valence-electron chi connectivity index (χ4n) is 9.39. The van der Waals surface area contributed by atoms with Crippen LogP contribution in [0.3, 0.4) is 0 Å². The fourth-order valence-corrected chi connectivity index (χ4v) is 9.84. The molecule has 3 aliphatic carbocycles. The number of ether oxygens (including phenoxy) is 2. The Morgan fingerprint density at radius 1 is 0.981 bits per heavy atom. The molecule has 7 atom stereocenters. The van der Waals surface area contributed by atoms with Crippen molar-refractivity contribution in [1.29, 1.82) is 0 Å². The van der Waals surface area contributed by atoms with Gasteiger partial charge in [-0.2, -0.15) is 9.78 Å². The van der Waals surface area contributed by atoms with Gasteiger partial charge in [0.15, 0.2) is 11.6 Å². The van der Waals surface area contributed by atoms with E-state index >= 15 is 4.39 Å². The lowest BCUT2D eigenvalue weighted by Gasteiger charge is -2.54. The molecular weight excluding hydrogens is 802 g/mol. The number of carbonyl (C=O) groups is 3. The third kappa shape index (κ3) is 6.21. The van der Waals surface area contributed by atoms with Gasteiger partial charge in [-0.15, -0.1) is 0 Å². The molecule has 2 bridgehead atoms. The monoisotopic (exact) mass is 841 g/mol. The maximum Gasteiger partial charge on any atom is 0.410 e. The van der Waals surface area contributed by atoms with E-state index in [0.29, 0.717) is 61.5 Å². The Bertz CT molecular complexity index is 1800. The Labute approximate surface area is 310 Å². The largest absolute Gasteiger partial charge is 0.481 e. The van der Waals surface area contributed by atoms with E-state index in [1.54, 1.807) is 6.07 Å². The van der Waals surface area contributed by atoms with E-state index in [-0.39, 0.29) is 42.6 Å². The first kappa shape index (κ1) is 35.8. The van der Waals surface area contributed by atoms with Crippen LogP contribution in [0.15, 0.2) is 30.3 Å². The van der Waals surface area contributed by atoms with Crippen LogP contribution < -0.4 is 5.32 Å². The number of halogens is 4. The Kier molecular flexibility index (Phi) is 9.15. The van der Waals surface area contributed by atoms with Gasteiger partial charge >= 0.3 is 12.1 Å². The molecule has 2 amide bonds. The van der Waals surface area contributed by atoms with Crippen LogP contribution in [0.2, 0.25) is 0 Å². The highest BCUT2D eigenvalue weighted by atomic mass is 127. The number of β-amino-alcohol motifs (C(OH)–C–C–N with tert-alkyl or cyclic N) is 1. The topological polar surface area (TPSA) is 147 Å². The van der Waals surface area contributed by atoms with Crippen molar-refractivity contribution in [3.05, 3.63) is 56.9 Å². The summed E-state index contributed by atoms with van der Waals surface area (Å²) < 4.78 is 57.1. The summed E-state index contributed by atoms with van der Waals surface area (Å²) in [5, 5.41) is 24.0. The number of carbonyl (C=O) groups excluding carboxylic acids is 2. The predicted octanol–water partition coefficient (Wildman–Crippen LogP) is 6.07. The van der Waals surface area contributed by atoms with Gasteiger partial charge in [-0.05, 0) is 104 Å². The maximum atomic E-state index is 15.0. The first-order valence-corrected chi connectivity index (χ1v) is 18.9. The highest BCUT2D eigenvalue weighted by Crippen LogP contribution is 2.61. The van der Waals surface area contributed by atoms with Crippen LogP contribution in [0, 0.1) is 38.8 Å². The molecule has 0 radical (unpaired) electrons. The molecule has 3 saturated heterocycles. The quantitative estimate of drug-likeness (QED) is 0.231. The van der Waals surface area contributed by atoms with Crippen LogP contribution >= 0.6 is 22.6 Å². The number of nitrogens with one attached hydrogen (secondary N) is 1. The molecule has 6 fully saturated rings. The molecule has 12 nitrogen and oxygen atoms in total. The van der Waals surface area contributed by atoms with Crippen molar-refractivity contribution in [3.63, 3.8) is 0 Å². The van der Waals surface area contributed by atoms with Crippen LogP contribution in [-0.4, -0.2) is 86.9 Å². The molecule has 3 N–H and O–H groups in total. The zero-order valence-electron chi connectivity index (χ0n) is 28.1. The maximum absolute atomic E-state index is 15.0. The van der Waals surface area contributed by atoms with Gasteiger partial charge in [0.05, 0.1) is 42.0 Å². The molecule has 3 saturated carbocycles. The Hall–Kier alpha value is -3.19. The molecule has 52 heavy (non-hydrogen) atoms. The number of nitrogens with zero attached hydrogens (tertiary/aromatic N) is 2. The van der Waals surface area contributed by atoms with Gasteiger partial charge in [0.25, 0.3) is 5.91 Å². The molecule has 0 aromatic heterocycles. The first-order chi connectivity index (χ1) is 24.8. The molecule has 6 aliphatic rings. The fraction of sp³-hybridized carbons (Fsp3) is 0.583. The predicted molar refractivity (Wildman–Crippen MR) is 183 cm³/mol. The summed E-state index contributed by atoms with van der Waals surface area (Å²) in [6.07, 6.45) is 4.41. The average molecular weight is 842 g/mol. The van der Waals surface area contributed by atoms with Crippen molar-refractivity contribution >= 4 is 51.9 Å². The van der Waals surface area contributed by atoms with Gasteiger partial charge in [-0.3, -0.25) is 9.59 Å². The van der Waals surface area contributed by atoms with E-state index in [9.17, 15) is 33.4 Å². The van der Waals surface area contributed by atoms with E-state index in [1.165, 1.54) is 21.9 Å². The Morgan fingerprint density at radius 3 is 2.54 bits per heavy atom. The number of anilines is 2. The Balaban J connectivity index is 0.922. The molecule has 8 rings (SSSR count). The van der Waals surface area contributed by atoms with Crippen LogP contribution in [0.5, 0.6) is 0 Å². The molecule has 3 aliphatic heterocycles. The third-order valence-corrected chi connectivity index (χ3v) is 12.5. The third-order valence-electron chi connectivity index (χ3n) is 11.8. The zero-order valence-corrected chi connectivity index (χ0v) is 30.3. The summed E-state index contributed by atoms with van der Waals surface area (Å²) in [7, 11) is 0. The summed E-state index contributed by atoms with van der Waals surface area (Å²) in [4.78, 5) is 53.7. The van der Waals surface area contributed by atoms with Crippen molar-refractivity contribution in [2.75, 3.05) is 25.0 Å². The number of aliphatic hydroxyl groups is 1. The summed E-state index contributed by atoms with van der Waals surface area (Å²) in [6.45, 7) is -0.0250. The molecule has 7 unspecified atom stereocenters. The second-order valence-corrected chi connectivity index (χ2v) is 16.4. The standard InChI is InChI=1S/C36H39F3IN3O9/c37-25-8-7-22(30(29(25)39)41-27-9-6-20(40)14-26(27)38)31(44)42-17-34(48,18-42)28-5-1-2-11-43(28)33(47)49-21-4-3-10-35(16-21)50-36(52-51-35)15-19-12-23(32(45)46)24(36)13-19/h6-9,14,19,21,23-24,28,41,48H,1-5,10-13,15-18H2,(H,45,46). The lowest BCUT2D eigenvalue weighted by atomic mass is 9.80. The molecule has 16 heteroatoms. The van der Waals surface area contributed by atoms with Crippen LogP contribution in [-0.2, 0) is 24.0 Å². The van der Waals surface area contributed by atoms with Gasteiger partial charge in [-0.25, -0.2) is 18.0 Å². The molecule has 280 valence electrons. The minimum atomic E-state index is -1.49. The highest BCUT2D eigenvalue weighted by Gasteiger charge is 2.67. The number of likely N-dealkylation sites (tertiary alicyclic amines) is 2. The average Bonchev–Trinajstić information content (AvgIpc) is 3.78. The summed E-state index contributed by atoms with van der Waals surface area (Å²) in [5.74, 6) is -7.83. The molecule has 2 spiro atoms. The van der Waals surface area contributed by atoms with Gasteiger partial charge in [0.1, 0.15) is 17.5 Å². The second kappa shape index (κ2) is 13.3. The minimum Gasteiger partial charge on any atom is -0.481 e. The number of amides is 2. The van der Waals surface area contributed by atoms with Crippen LogP contribution in [0.4, 0.5) is 29.3 Å². The normalized spacial score (nSPS) is 33.4. The van der Waals surface area contributed by atoms with E-state index in [0.717, 1.165) is 18.6 Å². The highest BCUT2D eigenvalue weighted by molar-refractivity contribution is 14.1. The number of piperidine rings is 1. The molecule has 2 aromatic carbocycles. The first-order valence-electron chi connectivity index (χ1n) is 17.8. The van der Waals surface area contributed by atoms with Gasteiger partial charge in [0, 0.05) is 35.3 Å². The van der Waals surface area contributed by atoms with E-state index in [4.69, 9.17) is 19.2 Å². The van der Waals surface area contributed by atoms with E-state index in [2.05, 4.69) is 5.32 Å². The van der Waals surface area contributed by atoms with Crippen molar-refractivity contribution in [2.24, 2.45) is 17.8 Å². The summed E-state index contributed by atoms with van der Waals surface area (Å²) in [5.41, 5.74) is -2.40. The molecule has 2 aromatic rings. The lowest BCUT2D eigenvalue weighted by Crippen LogP contribution is -2.73. The van der Waals surface area contributed by atoms with Gasteiger partial charge < -0.3 is 34.8 Å². The Morgan fingerprint density at radius 2 is 1.79 bits per heavy atom. The smallest absolute Gasteiger partial charge is 0.410 e. The van der Waals surface area contributed by atoms with Crippen LogP contribution in [0.25, 0.3) is 0 Å². The number of carboxylic acids is 1. The van der Waals surface area contributed by atoms with Crippen molar-refractivity contribution in [3.8, 4) is 0 Å². The molecule has 3 heterocycles. The van der Waals surface area contributed by atoms with Crippen LogP contribution in [0.1, 0.15) is 74.6 Å². The number of hydrogen-bond acceptors (Lipinski definition) is 9. The minimum absolute atomic E-state index is 0.144. The summed E-state index contributed by atoms with van der Waals surface area (Å²) in [6, 6.07) is 5.39. The number of benzene rings is 2. The number of fused-ring (bicyclic) bond motifs is 3. The SMILES string of the molecule is O=C(O)C1CC2CC1C1(C2)OOC2(CCCC(OC(=O)N3CCCCC3C3(O)CN(C(=O)c4ccc(F)c(F)c4Nc4ccc(I)cc4F)C3)C2)O1. The van der Waals surface area contributed by atoms with Gasteiger partial charge in [0.2, 0.25) is 11.6 Å². The number of carboxylic acid groups (broad SMARTS) is 1.